The van der Waals surface area contributed by atoms with E-state index < -0.39 is 5.41 Å². The van der Waals surface area contributed by atoms with E-state index in [0.29, 0.717) is 22.3 Å². The molecule has 134 valence electrons. The Morgan fingerprint density at radius 2 is 1.81 bits per heavy atom. The number of hydrogen-bond donors (Lipinski definition) is 2. The summed E-state index contributed by atoms with van der Waals surface area (Å²) in [4.78, 5) is 25.3. The maximum absolute atomic E-state index is 13.0. The second kappa shape index (κ2) is 6.76. The van der Waals surface area contributed by atoms with Gasteiger partial charge in [0, 0.05) is 22.3 Å². The van der Waals surface area contributed by atoms with E-state index in [9.17, 15) is 9.59 Å². The van der Waals surface area contributed by atoms with Gasteiger partial charge in [0.25, 0.3) is 5.91 Å². The van der Waals surface area contributed by atoms with Crippen molar-refractivity contribution in [2.45, 2.75) is 43.6 Å². The van der Waals surface area contributed by atoms with E-state index in [1.807, 2.05) is 30.3 Å². The second-order valence-corrected chi connectivity index (χ2v) is 7.67. The molecule has 2 aliphatic rings. The molecule has 4 rings (SSSR count). The van der Waals surface area contributed by atoms with Crippen molar-refractivity contribution >= 4 is 29.1 Å². The quantitative estimate of drug-likeness (QED) is 0.827. The Labute approximate surface area is 157 Å². The van der Waals surface area contributed by atoms with E-state index in [-0.39, 0.29) is 11.8 Å². The number of halogens is 1. The summed E-state index contributed by atoms with van der Waals surface area (Å²) < 4.78 is 0. The third-order valence-corrected chi connectivity index (χ3v) is 5.55. The fourth-order valence-electron chi connectivity index (χ4n) is 3.45. The van der Waals surface area contributed by atoms with Gasteiger partial charge in [-0.25, -0.2) is 0 Å². The molecule has 4 nitrogen and oxygen atoms in total. The van der Waals surface area contributed by atoms with Gasteiger partial charge in [0.05, 0.1) is 5.41 Å². The Morgan fingerprint density at radius 1 is 1.04 bits per heavy atom. The van der Waals surface area contributed by atoms with Gasteiger partial charge in [0.2, 0.25) is 5.91 Å². The Morgan fingerprint density at radius 3 is 2.46 bits per heavy atom. The summed E-state index contributed by atoms with van der Waals surface area (Å²) >= 11 is 6.12. The van der Waals surface area contributed by atoms with E-state index in [1.54, 1.807) is 18.2 Å². The lowest BCUT2D eigenvalue weighted by molar-refractivity contribution is -0.124. The monoisotopic (exact) mass is 368 g/mol. The first kappa shape index (κ1) is 17.1. The zero-order valence-corrected chi connectivity index (χ0v) is 15.2. The van der Waals surface area contributed by atoms with Crippen molar-refractivity contribution in [3.63, 3.8) is 0 Å². The summed E-state index contributed by atoms with van der Waals surface area (Å²) in [6.45, 7) is 0. The van der Waals surface area contributed by atoms with Crippen LogP contribution >= 0.6 is 11.6 Å². The van der Waals surface area contributed by atoms with Crippen LogP contribution in [0.15, 0.2) is 48.5 Å². The van der Waals surface area contributed by atoms with Crippen LogP contribution < -0.4 is 10.6 Å². The zero-order chi connectivity index (χ0) is 18.1. The lowest BCUT2D eigenvalue weighted by Crippen LogP contribution is -2.46. The summed E-state index contributed by atoms with van der Waals surface area (Å²) in [5.41, 5.74) is 1.64. The van der Waals surface area contributed by atoms with Gasteiger partial charge in [-0.3, -0.25) is 9.59 Å². The van der Waals surface area contributed by atoms with Crippen LogP contribution in [0.3, 0.4) is 0 Å². The molecule has 0 bridgehead atoms. The molecule has 2 aromatic rings. The molecule has 2 fully saturated rings. The maximum atomic E-state index is 13.0. The predicted octanol–water partition coefficient (Wildman–Crippen LogP) is 4.29. The summed E-state index contributed by atoms with van der Waals surface area (Å²) in [6.07, 6.45) is 4.72. The number of hydrogen-bond acceptors (Lipinski definition) is 2. The number of amides is 2. The van der Waals surface area contributed by atoms with E-state index in [4.69, 9.17) is 11.6 Å². The average molecular weight is 369 g/mol. The summed E-state index contributed by atoms with van der Waals surface area (Å²) in [5.74, 6) is -0.123. The molecule has 0 spiro atoms. The molecule has 0 unspecified atom stereocenters. The molecule has 2 aliphatic carbocycles. The minimum Gasteiger partial charge on any atom is -0.349 e. The minimum atomic E-state index is -0.531. The summed E-state index contributed by atoms with van der Waals surface area (Å²) in [7, 11) is 0. The minimum absolute atomic E-state index is 0.0363. The fourth-order valence-corrected chi connectivity index (χ4v) is 3.64. The highest BCUT2D eigenvalue weighted by atomic mass is 35.5. The smallest absolute Gasteiger partial charge is 0.251 e. The predicted molar refractivity (Wildman–Crippen MR) is 103 cm³/mol. The molecule has 5 heteroatoms. The van der Waals surface area contributed by atoms with Gasteiger partial charge in [0.1, 0.15) is 0 Å². The number of anilines is 1. The molecule has 26 heavy (non-hydrogen) atoms. The SMILES string of the molecule is O=C(NC1CC1)c1cccc(NC(=O)C2(c3cccc(Cl)c3)CCC2)c1. The van der Waals surface area contributed by atoms with Crippen molar-refractivity contribution in [3.05, 3.63) is 64.7 Å². The first-order chi connectivity index (χ1) is 12.6. The van der Waals surface area contributed by atoms with Gasteiger partial charge in [0.15, 0.2) is 0 Å². The number of carbonyl (C=O) groups excluding carboxylic acids is 2. The zero-order valence-electron chi connectivity index (χ0n) is 14.4. The van der Waals surface area contributed by atoms with Gasteiger partial charge >= 0.3 is 0 Å². The van der Waals surface area contributed by atoms with Gasteiger partial charge < -0.3 is 10.6 Å². The van der Waals surface area contributed by atoms with Crippen LogP contribution in [-0.2, 0) is 10.2 Å². The van der Waals surface area contributed by atoms with Crippen LogP contribution in [0.1, 0.15) is 48.0 Å². The topological polar surface area (TPSA) is 58.2 Å². The molecule has 0 atom stereocenters. The van der Waals surface area contributed by atoms with Crippen LogP contribution in [0.4, 0.5) is 5.69 Å². The Balaban J connectivity index is 1.52. The Hall–Kier alpha value is -2.33. The summed E-state index contributed by atoms with van der Waals surface area (Å²) in [5, 5.41) is 6.61. The first-order valence-electron chi connectivity index (χ1n) is 9.05. The lowest BCUT2D eigenvalue weighted by atomic mass is 9.64. The van der Waals surface area contributed by atoms with Gasteiger partial charge in [-0.1, -0.05) is 36.2 Å². The number of benzene rings is 2. The Kier molecular flexibility index (Phi) is 4.45. The molecule has 0 radical (unpaired) electrons. The van der Waals surface area contributed by atoms with Crippen LogP contribution in [0, 0.1) is 0 Å². The molecule has 0 saturated heterocycles. The Bertz CT molecular complexity index is 857. The molecule has 2 aromatic carbocycles. The highest BCUT2D eigenvalue weighted by Gasteiger charge is 2.45. The number of carbonyl (C=O) groups is 2. The van der Waals surface area contributed by atoms with Gasteiger partial charge in [-0.15, -0.1) is 0 Å². The van der Waals surface area contributed by atoms with Gasteiger partial charge in [-0.05, 0) is 61.6 Å². The third-order valence-electron chi connectivity index (χ3n) is 5.31. The van der Waals surface area contributed by atoms with E-state index in [0.717, 1.165) is 37.7 Å². The third kappa shape index (κ3) is 3.34. The maximum Gasteiger partial charge on any atom is 0.251 e. The molecule has 2 saturated carbocycles. The average Bonchev–Trinajstić information content (AvgIpc) is 3.38. The highest BCUT2D eigenvalue weighted by molar-refractivity contribution is 6.30. The van der Waals surface area contributed by atoms with Gasteiger partial charge in [-0.2, -0.15) is 0 Å². The molecular weight excluding hydrogens is 348 g/mol. The summed E-state index contributed by atoms with van der Waals surface area (Å²) in [6, 6.07) is 15.0. The van der Waals surface area contributed by atoms with Crippen LogP contribution in [0.25, 0.3) is 0 Å². The van der Waals surface area contributed by atoms with Crippen molar-refractivity contribution in [2.24, 2.45) is 0 Å². The molecule has 0 aromatic heterocycles. The van der Waals surface area contributed by atoms with Crippen LogP contribution in [0.2, 0.25) is 5.02 Å². The second-order valence-electron chi connectivity index (χ2n) is 7.23. The molecule has 2 N–H and O–H groups in total. The number of rotatable bonds is 5. The normalized spacial score (nSPS) is 17.9. The molecular formula is C21H21ClN2O2. The van der Waals surface area contributed by atoms with E-state index in [1.165, 1.54) is 0 Å². The highest BCUT2D eigenvalue weighted by Crippen LogP contribution is 2.45. The lowest BCUT2D eigenvalue weighted by Gasteiger charge is -2.40. The van der Waals surface area contributed by atoms with Crippen LogP contribution in [0.5, 0.6) is 0 Å². The first-order valence-corrected chi connectivity index (χ1v) is 9.43. The van der Waals surface area contributed by atoms with Crippen molar-refractivity contribution < 1.29 is 9.59 Å². The fraction of sp³-hybridized carbons (Fsp3) is 0.333. The van der Waals surface area contributed by atoms with Crippen LogP contribution in [-0.4, -0.2) is 17.9 Å². The number of nitrogens with one attached hydrogen (secondary N) is 2. The van der Waals surface area contributed by atoms with E-state index in [2.05, 4.69) is 10.6 Å². The largest absolute Gasteiger partial charge is 0.349 e. The molecule has 0 heterocycles. The molecule has 0 aliphatic heterocycles. The molecule has 2 amide bonds. The van der Waals surface area contributed by atoms with Crippen molar-refractivity contribution in [1.82, 2.24) is 5.32 Å². The van der Waals surface area contributed by atoms with E-state index >= 15 is 0 Å². The van der Waals surface area contributed by atoms with Crippen molar-refractivity contribution in [3.8, 4) is 0 Å². The standard InChI is InChI=1S/C21H21ClN2O2/c22-16-6-2-5-15(13-16)21(10-3-11-21)20(26)24-18-7-1-4-14(12-18)19(25)23-17-8-9-17/h1-2,4-7,12-13,17H,3,8-11H2,(H,23,25)(H,24,26). The van der Waals surface area contributed by atoms with Crippen molar-refractivity contribution in [2.75, 3.05) is 5.32 Å². The van der Waals surface area contributed by atoms with Crippen molar-refractivity contribution in [1.29, 1.82) is 0 Å².